The molecule has 1 rings (SSSR count). The maximum atomic E-state index is 11.6. The van der Waals surface area contributed by atoms with Gasteiger partial charge in [0.15, 0.2) is 0 Å². The number of ketones is 1. The third kappa shape index (κ3) is 5.80. The Morgan fingerprint density at radius 3 is 2.72 bits per heavy atom. The van der Waals surface area contributed by atoms with Crippen LogP contribution in [0, 0.1) is 5.92 Å². The first-order valence-corrected chi connectivity index (χ1v) is 9.43. The second-order valence-electron chi connectivity index (χ2n) is 5.00. The van der Waals surface area contributed by atoms with Gasteiger partial charge in [-0.1, -0.05) is 15.9 Å². The van der Waals surface area contributed by atoms with Crippen molar-refractivity contribution in [2.24, 2.45) is 5.92 Å². The Morgan fingerprint density at radius 1 is 1.39 bits per heavy atom. The van der Waals surface area contributed by atoms with Gasteiger partial charge in [0.05, 0.1) is 6.26 Å². The molecule has 0 aliphatic carbocycles. The van der Waals surface area contributed by atoms with E-state index in [2.05, 4.69) is 15.9 Å². The molecule has 1 saturated heterocycles. The Kier molecular flexibility index (Phi) is 6.81. The molecule has 1 unspecified atom stereocenters. The van der Waals surface area contributed by atoms with Crippen LogP contribution in [0.2, 0.25) is 0 Å². The van der Waals surface area contributed by atoms with E-state index in [-0.39, 0.29) is 0 Å². The second-order valence-corrected chi connectivity index (χ2v) is 7.77. The number of hydrogen-bond donors (Lipinski definition) is 0. The van der Waals surface area contributed by atoms with Crippen molar-refractivity contribution in [1.82, 2.24) is 4.31 Å². The van der Waals surface area contributed by atoms with Gasteiger partial charge in [0.1, 0.15) is 5.78 Å². The van der Waals surface area contributed by atoms with E-state index >= 15 is 0 Å². The Balaban J connectivity index is 2.32. The summed E-state index contributed by atoms with van der Waals surface area (Å²) in [5.41, 5.74) is 0. The van der Waals surface area contributed by atoms with Gasteiger partial charge >= 0.3 is 0 Å². The summed E-state index contributed by atoms with van der Waals surface area (Å²) in [6.45, 7) is 1.22. The summed E-state index contributed by atoms with van der Waals surface area (Å²) in [6.07, 6.45) is 6.15. The number of carbonyl (C=O) groups excluding carboxylic acids is 1. The maximum Gasteiger partial charge on any atom is 0.211 e. The van der Waals surface area contributed by atoms with E-state index in [0.717, 1.165) is 31.0 Å². The standard InChI is InChI=1S/C12H22BrNO3S/c1-18(16,17)14-9-3-4-11(10-14)6-7-12(15)5-2-8-13/h11H,2-10H2,1H3. The highest BCUT2D eigenvalue weighted by Crippen LogP contribution is 2.23. The lowest BCUT2D eigenvalue weighted by molar-refractivity contribution is -0.119. The van der Waals surface area contributed by atoms with Gasteiger partial charge in [-0.25, -0.2) is 12.7 Å². The quantitative estimate of drug-likeness (QED) is 0.668. The Hall–Kier alpha value is 0.0600. The van der Waals surface area contributed by atoms with Gasteiger partial charge in [-0.15, -0.1) is 0 Å². The molecule has 0 bridgehead atoms. The molecule has 106 valence electrons. The Bertz CT molecular complexity index is 370. The van der Waals surface area contributed by atoms with Crippen LogP contribution < -0.4 is 0 Å². The molecular formula is C12H22BrNO3S. The zero-order valence-electron chi connectivity index (χ0n) is 10.9. The maximum absolute atomic E-state index is 11.6. The zero-order chi connectivity index (χ0) is 13.6. The minimum atomic E-state index is -3.07. The third-order valence-electron chi connectivity index (χ3n) is 3.37. The number of alkyl halides is 1. The van der Waals surface area contributed by atoms with Crippen LogP contribution in [0.1, 0.15) is 38.5 Å². The fourth-order valence-corrected chi connectivity index (χ4v) is 3.54. The molecule has 0 radical (unpaired) electrons. The molecule has 4 nitrogen and oxygen atoms in total. The molecule has 1 fully saturated rings. The summed E-state index contributed by atoms with van der Waals surface area (Å²) in [5, 5.41) is 0.865. The van der Waals surface area contributed by atoms with Crippen LogP contribution in [0.25, 0.3) is 0 Å². The van der Waals surface area contributed by atoms with Gasteiger partial charge < -0.3 is 0 Å². The lowest BCUT2D eigenvalue weighted by atomic mass is 9.93. The van der Waals surface area contributed by atoms with Crippen LogP contribution in [0.5, 0.6) is 0 Å². The summed E-state index contributed by atoms with van der Waals surface area (Å²) >= 11 is 3.31. The number of piperidine rings is 1. The molecule has 1 aliphatic heterocycles. The van der Waals surface area contributed by atoms with Crippen LogP contribution in [0.15, 0.2) is 0 Å². The molecule has 0 aromatic heterocycles. The average Bonchev–Trinajstić information content (AvgIpc) is 2.33. The van der Waals surface area contributed by atoms with Crippen molar-refractivity contribution >= 4 is 31.7 Å². The largest absolute Gasteiger partial charge is 0.300 e. The monoisotopic (exact) mass is 339 g/mol. The highest BCUT2D eigenvalue weighted by Gasteiger charge is 2.25. The van der Waals surface area contributed by atoms with E-state index in [0.29, 0.717) is 37.6 Å². The summed E-state index contributed by atoms with van der Waals surface area (Å²) in [6, 6.07) is 0. The number of Topliss-reactive ketones (excluding diaryl/α,β-unsaturated/α-hetero) is 1. The first-order chi connectivity index (χ1) is 8.43. The highest BCUT2D eigenvalue weighted by molar-refractivity contribution is 9.09. The number of carbonyl (C=O) groups is 1. The van der Waals surface area contributed by atoms with Crippen molar-refractivity contribution in [2.45, 2.75) is 38.5 Å². The van der Waals surface area contributed by atoms with Crippen molar-refractivity contribution in [3.05, 3.63) is 0 Å². The third-order valence-corrected chi connectivity index (χ3v) is 5.20. The van der Waals surface area contributed by atoms with E-state index in [4.69, 9.17) is 0 Å². The normalized spacial score (nSPS) is 22.0. The Labute approximate surface area is 118 Å². The summed E-state index contributed by atoms with van der Waals surface area (Å²) in [4.78, 5) is 11.6. The van der Waals surface area contributed by atoms with Gasteiger partial charge in [-0.3, -0.25) is 4.79 Å². The number of sulfonamides is 1. The van der Waals surface area contributed by atoms with Crippen LogP contribution >= 0.6 is 15.9 Å². The minimum Gasteiger partial charge on any atom is -0.300 e. The minimum absolute atomic E-state index is 0.297. The predicted molar refractivity (Wildman–Crippen MR) is 76.4 cm³/mol. The van der Waals surface area contributed by atoms with Crippen molar-refractivity contribution in [2.75, 3.05) is 24.7 Å². The van der Waals surface area contributed by atoms with Gasteiger partial charge in [-0.2, -0.15) is 0 Å². The van der Waals surface area contributed by atoms with Crippen LogP contribution in [0.4, 0.5) is 0 Å². The van der Waals surface area contributed by atoms with Gasteiger partial charge in [0.25, 0.3) is 0 Å². The highest BCUT2D eigenvalue weighted by atomic mass is 79.9. The van der Waals surface area contributed by atoms with Crippen LogP contribution in [0.3, 0.4) is 0 Å². The van der Waals surface area contributed by atoms with Crippen LogP contribution in [-0.2, 0) is 14.8 Å². The van der Waals surface area contributed by atoms with Gasteiger partial charge in [-0.05, 0) is 31.6 Å². The number of nitrogens with zero attached hydrogens (tertiary/aromatic N) is 1. The van der Waals surface area contributed by atoms with Gasteiger partial charge in [0, 0.05) is 31.3 Å². The number of hydrogen-bond acceptors (Lipinski definition) is 3. The molecule has 6 heteroatoms. The lowest BCUT2D eigenvalue weighted by Crippen LogP contribution is -2.39. The number of halogens is 1. The summed E-state index contributed by atoms with van der Waals surface area (Å²) in [5.74, 6) is 0.646. The van der Waals surface area contributed by atoms with E-state index in [9.17, 15) is 13.2 Å². The topological polar surface area (TPSA) is 54.5 Å². The predicted octanol–water partition coefficient (Wildman–Crippen LogP) is 2.18. The zero-order valence-corrected chi connectivity index (χ0v) is 13.3. The summed E-state index contributed by atoms with van der Waals surface area (Å²) < 4.78 is 24.5. The molecule has 0 spiro atoms. The van der Waals surface area contributed by atoms with Crippen molar-refractivity contribution in [3.63, 3.8) is 0 Å². The van der Waals surface area contributed by atoms with E-state index < -0.39 is 10.0 Å². The van der Waals surface area contributed by atoms with Crippen molar-refractivity contribution in [1.29, 1.82) is 0 Å². The molecule has 0 amide bonds. The molecule has 1 heterocycles. The summed E-state index contributed by atoms with van der Waals surface area (Å²) in [7, 11) is -3.07. The lowest BCUT2D eigenvalue weighted by Gasteiger charge is -2.30. The second kappa shape index (κ2) is 7.60. The van der Waals surface area contributed by atoms with E-state index in [1.165, 1.54) is 6.26 Å². The average molecular weight is 340 g/mol. The fourth-order valence-electron chi connectivity index (χ4n) is 2.32. The van der Waals surface area contributed by atoms with Crippen molar-refractivity contribution < 1.29 is 13.2 Å². The fraction of sp³-hybridized carbons (Fsp3) is 0.917. The number of rotatable bonds is 7. The SMILES string of the molecule is CS(=O)(=O)N1CCCC(CCC(=O)CCCBr)C1. The van der Waals surface area contributed by atoms with Crippen LogP contribution in [-0.4, -0.2) is 43.2 Å². The first-order valence-electron chi connectivity index (χ1n) is 6.46. The van der Waals surface area contributed by atoms with Crippen molar-refractivity contribution in [3.8, 4) is 0 Å². The molecule has 1 atom stereocenters. The molecule has 0 aromatic carbocycles. The molecule has 0 N–H and O–H groups in total. The molecule has 18 heavy (non-hydrogen) atoms. The molecule has 0 saturated carbocycles. The van der Waals surface area contributed by atoms with E-state index in [1.807, 2.05) is 0 Å². The Morgan fingerprint density at radius 2 is 2.11 bits per heavy atom. The molecule has 0 aromatic rings. The first kappa shape index (κ1) is 16.1. The molecular weight excluding hydrogens is 318 g/mol. The van der Waals surface area contributed by atoms with E-state index in [1.54, 1.807) is 4.31 Å². The smallest absolute Gasteiger partial charge is 0.211 e. The van der Waals surface area contributed by atoms with Gasteiger partial charge in [0.2, 0.25) is 10.0 Å². The molecule has 1 aliphatic rings.